The van der Waals surface area contributed by atoms with Crippen molar-refractivity contribution in [1.29, 1.82) is 0 Å². The van der Waals surface area contributed by atoms with Crippen molar-refractivity contribution in [3.8, 4) is 17.2 Å². The summed E-state index contributed by atoms with van der Waals surface area (Å²) in [5, 5.41) is 9.92. The number of rotatable bonds is 9. The quantitative estimate of drug-likeness (QED) is 0.236. The maximum Gasteiger partial charge on any atom is 0.230 e. The van der Waals surface area contributed by atoms with Crippen molar-refractivity contribution in [3.63, 3.8) is 0 Å². The van der Waals surface area contributed by atoms with Gasteiger partial charge in [-0.2, -0.15) is 4.98 Å². The first-order valence-electron chi connectivity index (χ1n) is 11.4. The van der Waals surface area contributed by atoms with Gasteiger partial charge in [-0.25, -0.2) is 15.0 Å². The Hall–Kier alpha value is -5.12. The lowest BCUT2D eigenvalue weighted by Crippen LogP contribution is -2.07. The van der Waals surface area contributed by atoms with Gasteiger partial charge in [0.15, 0.2) is 11.6 Å². The van der Waals surface area contributed by atoms with E-state index < -0.39 is 0 Å². The lowest BCUT2D eigenvalue weighted by atomic mass is 10.2. The molecule has 0 spiro atoms. The SMILES string of the molecule is COc1ccccc1Nc1nc(Nc2ccccc2OC)c2ncnc(Nc3ccccc3OC)c2n1. The highest BCUT2D eigenvalue weighted by molar-refractivity contribution is 5.96. The summed E-state index contributed by atoms with van der Waals surface area (Å²) >= 11 is 0. The maximum atomic E-state index is 5.52. The molecule has 3 aromatic carbocycles. The van der Waals surface area contributed by atoms with Gasteiger partial charge in [-0.05, 0) is 36.4 Å². The number of hydrogen-bond donors (Lipinski definition) is 3. The van der Waals surface area contributed by atoms with Gasteiger partial charge in [-0.15, -0.1) is 0 Å². The van der Waals surface area contributed by atoms with Crippen molar-refractivity contribution >= 4 is 45.7 Å². The lowest BCUT2D eigenvalue weighted by Gasteiger charge is -2.16. The minimum Gasteiger partial charge on any atom is -0.495 e. The van der Waals surface area contributed by atoms with Crippen LogP contribution >= 0.6 is 0 Å². The van der Waals surface area contributed by atoms with E-state index in [0.717, 1.165) is 11.4 Å². The first-order chi connectivity index (χ1) is 18.2. The summed E-state index contributed by atoms with van der Waals surface area (Å²) in [5.41, 5.74) is 3.19. The van der Waals surface area contributed by atoms with E-state index >= 15 is 0 Å². The third kappa shape index (κ3) is 4.98. The fourth-order valence-electron chi connectivity index (χ4n) is 3.80. The van der Waals surface area contributed by atoms with E-state index in [2.05, 4.69) is 25.9 Å². The molecule has 0 saturated heterocycles. The second-order valence-electron chi connectivity index (χ2n) is 7.79. The summed E-state index contributed by atoms with van der Waals surface area (Å²) in [4.78, 5) is 18.5. The number of nitrogens with zero attached hydrogens (tertiary/aromatic N) is 4. The van der Waals surface area contributed by atoms with E-state index in [9.17, 15) is 0 Å². The fraction of sp³-hybridized carbons (Fsp3) is 0.111. The number of nitrogens with one attached hydrogen (secondary N) is 3. The van der Waals surface area contributed by atoms with E-state index in [0.29, 0.717) is 51.6 Å². The molecule has 0 radical (unpaired) electrons. The zero-order chi connectivity index (χ0) is 25.6. The van der Waals surface area contributed by atoms with Crippen LogP contribution in [0, 0.1) is 0 Å². The molecule has 0 amide bonds. The van der Waals surface area contributed by atoms with Crippen LogP contribution in [-0.4, -0.2) is 41.3 Å². The zero-order valence-corrected chi connectivity index (χ0v) is 20.5. The molecule has 0 bridgehead atoms. The van der Waals surface area contributed by atoms with Gasteiger partial charge in [0.1, 0.15) is 34.6 Å². The Balaban J connectivity index is 1.65. The molecule has 10 heteroatoms. The minimum absolute atomic E-state index is 0.326. The third-order valence-corrected chi connectivity index (χ3v) is 5.56. The Bertz CT molecular complexity index is 1540. The van der Waals surface area contributed by atoms with Gasteiger partial charge in [0.2, 0.25) is 5.95 Å². The molecular weight excluding hydrogens is 470 g/mol. The monoisotopic (exact) mass is 495 g/mol. The number of para-hydroxylation sites is 6. The Morgan fingerprint density at radius 1 is 0.514 bits per heavy atom. The van der Waals surface area contributed by atoms with Crippen molar-refractivity contribution in [1.82, 2.24) is 19.9 Å². The Morgan fingerprint density at radius 2 is 1.00 bits per heavy atom. The van der Waals surface area contributed by atoms with E-state index in [1.165, 1.54) is 6.33 Å². The molecule has 10 nitrogen and oxygen atoms in total. The van der Waals surface area contributed by atoms with Crippen LogP contribution in [0.4, 0.5) is 34.6 Å². The van der Waals surface area contributed by atoms with Crippen LogP contribution in [0.1, 0.15) is 0 Å². The molecule has 0 atom stereocenters. The van der Waals surface area contributed by atoms with E-state index in [1.807, 2.05) is 72.8 Å². The molecule has 3 N–H and O–H groups in total. The summed E-state index contributed by atoms with van der Waals surface area (Å²) in [6, 6.07) is 22.7. The molecule has 2 heterocycles. The van der Waals surface area contributed by atoms with Crippen LogP contribution in [0.15, 0.2) is 79.1 Å². The number of ether oxygens (including phenoxy) is 3. The van der Waals surface area contributed by atoms with Crippen molar-refractivity contribution in [3.05, 3.63) is 79.1 Å². The Labute approximate surface area is 213 Å². The second-order valence-corrected chi connectivity index (χ2v) is 7.79. The first-order valence-corrected chi connectivity index (χ1v) is 11.4. The molecular formula is C27H25N7O3. The molecule has 0 saturated carbocycles. The molecule has 5 aromatic rings. The van der Waals surface area contributed by atoms with Crippen LogP contribution in [0.5, 0.6) is 17.2 Å². The number of benzene rings is 3. The van der Waals surface area contributed by atoms with Crippen molar-refractivity contribution < 1.29 is 14.2 Å². The lowest BCUT2D eigenvalue weighted by molar-refractivity contribution is 0.416. The van der Waals surface area contributed by atoms with Gasteiger partial charge in [0.05, 0.1) is 38.4 Å². The standard InChI is InChI=1S/C27H25N7O3/c1-35-20-13-7-4-10-17(20)30-25-24-23(28-16-29-25)26(31-18-11-5-8-14-21(18)36-2)34-27(33-24)32-19-12-6-9-15-22(19)37-3/h4-16H,1-3H3,(H,28,29,30)(H2,31,32,33,34). The smallest absolute Gasteiger partial charge is 0.230 e. The van der Waals surface area contributed by atoms with E-state index in [1.54, 1.807) is 21.3 Å². The van der Waals surface area contributed by atoms with Crippen LogP contribution in [-0.2, 0) is 0 Å². The summed E-state index contributed by atoms with van der Waals surface area (Å²) in [7, 11) is 4.84. The van der Waals surface area contributed by atoms with Gasteiger partial charge in [-0.1, -0.05) is 36.4 Å². The molecule has 5 rings (SSSR count). The summed E-state index contributed by atoms with van der Waals surface area (Å²) in [6.07, 6.45) is 1.46. The highest BCUT2D eigenvalue weighted by Gasteiger charge is 2.17. The van der Waals surface area contributed by atoms with Crippen molar-refractivity contribution in [2.24, 2.45) is 0 Å². The van der Waals surface area contributed by atoms with E-state index in [4.69, 9.17) is 24.2 Å². The average Bonchev–Trinajstić information content (AvgIpc) is 2.94. The Morgan fingerprint density at radius 3 is 1.54 bits per heavy atom. The average molecular weight is 496 g/mol. The second kappa shape index (κ2) is 10.6. The normalized spacial score (nSPS) is 10.6. The maximum absolute atomic E-state index is 5.52. The van der Waals surface area contributed by atoms with Crippen molar-refractivity contribution in [2.75, 3.05) is 37.3 Å². The topological polar surface area (TPSA) is 115 Å². The van der Waals surface area contributed by atoms with Crippen molar-refractivity contribution in [2.45, 2.75) is 0 Å². The Kier molecular flexibility index (Phi) is 6.80. The van der Waals surface area contributed by atoms with Crippen LogP contribution in [0.3, 0.4) is 0 Å². The first kappa shape index (κ1) is 23.6. The molecule has 0 aliphatic heterocycles. The molecule has 0 unspecified atom stereocenters. The largest absolute Gasteiger partial charge is 0.495 e. The van der Waals surface area contributed by atoms with E-state index in [-0.39, 0.29) is 0 Å². The number of fused-ring (bicyclic) bond motifs is 1. The molecule has 2 aromatic heterocycles. The van der Waals surface area contributed by atoms with Gasteiger partial charge in [-0.3, -0.25) is 0 Å². The molecule has 0 fully saturated rings. The number of anilines is 6. The summed E-state index contributed by atoms with van der Waals surface area (Å²) < 4.78 is 16.5. The summed E-state index contributed by atoms with van der Waals surface area (Å²) in [5.74, 6) is 3.27. The highest BCUT2D eigenvalue weighted by Crippen LogP contribution is 2.34. The molecule has 186 valence electrons. The van der Waals surface area contributed by atoms with Gasteiger partial charge >= 0.3 is 0 Å². The van der Waals surface area contributed by atoms with Gasteiger partial charge in [0, 0.05) is 0 Å². The predicted octanol–water partition coefficient (Wildman–Crippen LogP) is 5.68. The third-order valence-electron chi connectivity index (χ3n) is 5.56. The number of methoxy groups -OCH3 is 3. The van der Waals surface area contributed by atoms with Gasteiger partial charge in [0.25, 0.3) is 0 Å². The predicted molar refractivity (Wildman–Crippen MR) is 144 cm³/mol. The number of hydrogen-bond acceptors (Lipinski definition) is 10. The van der Waals surface area contributed by atoms with Crippen LogP contribution in [0.25, 0.3) is 11.0 Å². The minimum atomic E-state index is 0.326. The molecule has 0 aliphatic rings. The van der Waals surface area contributed by atoms with Gasteiger partial charge < -0.3 is 30.2 Å². The fourth-order valence-corrected chi connectivity index (χ4v) is 3.80. The zero-order valence-electron chi connectivity index (χ0n) is 20.5. The van der Waals surface area contributed by atoms with Crippen LogP contribution < -0.4 is 30.2 Å². The molecule has 0 aliphatic carbocycles. The van der Waals surface area contributed by atoms with Crippen LogP contribution in [0.2, 0.25) is 0 Å². The number of aromatic nitrogens is 4. The summed E-state index contributed by atoms with van der Waals surface area (Å²) in [6.45, 7) is 0. The molecule has 37 heavy (non-hydrogen) atoms. The highest BCUT2D eigenvalue weighted by atomic mass is 16.5.